The highest BCUT2D eigenvalue weighted by atomic mass is 79.9. The minimum atomic E-state index is 0.685. The summed E-state index contributed by atoms with van der Waals surface area (Å²) in [4.78, 5) is 0.685. The normalized spacial score (nSPS) is 17.3. The SMILES string of the molecule is BrC1Cc2ccccc2C1. The van der Waals surface area contributed by atoms with Crippen LogP contribution in [0.1, 0.15) is 11.1 Å². The van der Waals surface area contributed by atoms with Crippen LogP contribution in [0.2, 0.25) is 0 Å². The molecule has 0 saturated heterocycles. The summed E-state index contributed by atoms with van der Waals surface area (Å²) in [7, 11) is 0. The maximum absolute atomic E-state index is 3.62. The van der Waals surface area contributed by atoms with E-state index in [0.29, 0.717) is 4.83 Å². The molecule has 0 unspecified atom stereocenters. The molecule has 0 nitrogen and oxygen atoms in total. The Kier molecular flexibility index (Phi) is 1.53. The lowest BCUT2D eigenvalue weighted by atomic mass is 10.1. The lowest BCUT2D eigenvalue weighted by Crippen LogP contribution is -1.92. The van der Waals surface area contributed by atoms with Crippen LogP contribution < -0.4 is 0 Å². The molecule has 0 spiro atoms. The zero-order valence-electron chi connectivity index (χ0n) is 5.68. The Labute approximate surface area is 69.4 Å². The third-order valence-electron chi connectivity index (χ3n) is 2.00. The molecular formula is C9H9Br. The van der Waals surface area contributed by atoms with E-state index in [9.17, 15) is 0 Å². The first-order valence-corrected chi connectivity index (χ1v) is 4.48. The minimum Gasteiger partial charge on any atom is -0.0883 e. The van der Waals surface area contributed by atoms with Crippen LogP contribution in [0.4, 0.5) is 0 Å². The average molecular weight is 197 g/mol. The third-order valence-corrected chi connectivity index (χ3v) is 2.65. The second-order valence-electron chi connectivity index (χ2n) is 2.77. The standard InChI is InChI=1S/C9H9Br/c10-9-5-7-3-1-2-4-8(7)6-9/h1-4,9H,5-6H2. The third kappa shape index (κ3) is 0.988. The van der Waals surface area contributed by atoms with Gasteiger partial charge in [0.15, 0.2) is 0 Å². The van der Waals surface area contributed by atoms with E-state index in [1.165, 1.54) is 24.0 Å². The molecule has 1 aliphatic rings. The van der Waals surface area contributed by atoms with Gasteiger partial charge in [0.25, 0.3) is 0 Å². The molecule has 0 saturated carbocycles. The van der Waals surface area contributed by atoms with E-state index in [2.05, 4.69) is 40.2 Å². The van der Waals surface area contributed by atoms with Crippen LogP contribution in [0.3, 0.4) is 0 Å². The largest absolute Gasteiger partial charge is 0.0883 e. The predicted molar refractivity (Wildman–Crippen MR) is 46.6 cm³/mol. The fraction of sp³-hybridized carbons (Fsp3) is 0.333. The first-order chi connectivity index (χ1) is 4.86. The Hall–Kier alpha value is -0.300. The lowest BCUT2D eigenvalue weighted by Gasteiger charge is -1.92. The molecule has 52 valence electrons. The highest BCUT2D eigenvalue weighted by Gasteiger charge is 2.17. The van der Waals surface area contributed by atoms with E-state index in [1.54, 1.807) is 0 Å². The van der Waals surface area contributed by atoms with Crippen LogP contribution in [-0.2, 0) is 12.8 Å². The Bertz CT molecular complexity index is 217. The number of benzene rings is 1. The van der Waals surface area contributed by atoms with Crippen LogP contribution >= 0.6 is 15.9 Å². The molecule has 0 N–H and O–H groups in total. The number of rotatable bonds is 0. The van der Waals surface area contributed by atoms with Gasteiger partial charge < -0.3 is 0 Å². The first kappa shape index (κ1) is 6.41. The van der Waals surface area contributed by atoms with Crippen molar-refractivity contribution < 1.29 is 0 Å². The van der Waals surface area contributed by atoms with Crippen LogP contribution in [0.5, 0.6) is 0 Å². The van der Waals surface area contributed by atoms with Gasteiger partial charge in [0, 0.05) is 4.83 Å². The first-order valence-electron chi connectivity index (χ1n) is 3.57. The molecule has 0 aliphatic heterocycles. The van der Waals surface area contributed by atoms with Crippen LogP contribution in [0, 0.1) is 0 Å². The molecule has 1 aromatic rings. The summed E-state index contributed by atoms with van der Waals surface area (Å²) in [5.74, 6) is 0. The Morgan fingerprint density at radius 1 is 1.10 bits per heavy atom. The highest BCUT2D eigenvalue weighted by molar-refractivity contribution is 9.09. The average Bonchev–Trinajstić information content (AvgIpc) is 2.27. The van der Waals surface area contributed by atoms with Crippen LogP contribution in [-0.4, -0.2) is 4.83 Å². The smallest absolute Gasteiger partial charge is 0.0226 e. The van der Waals surface area contributed by atoms with Gasteiger partial charge in [-0.3, -0.25) is 0 Å². The van der Waals surface area contributed by atoms with Crippen LogP contribution in [0.15, 0.2) is 24.3 Å². The van der Waals surface area contributed by atoms with Gasteiger partial charge in [-0.2, -0.15) is 0 Å². The van der Waals surface area contributed by atoms with Gasteiger partial charge in [0.2, 0.25) is 0 Å². The van der Waals surface area contributed by atoms with Crippen LogP contribution in [0.25, 0.3) is 0 Å². The summed E-state index contributed by atoms with van der Waals surface area (Å²) in [6.45, 7) is 0. The van der Waals surface area contributed by atoms with Crippen molar-refractivity contribution in [2.24, 2.45) is 0 Å². The maximum Gasteiger partial charge on any atom is 0.0226 e. The van der Waals surface area contributed by atoms with E-state index in [4.69, 9.17) is 0 Å². The fourth-order valence-corrected chi connectivity index (χ4v) is 2.20. The summed E-state index contributed by atoms with van der Waals surface area (Å²) >= 11 is 3.62. The Morgan fingerprint density at radius 3 is 2.10 bits per heavy atom. The van der Waals surface area contributed by atoms with Gasteiger partial charge in [-0.15, -0.1) is 0 Å². The molecule has 0 atom stereocenters. The molecule has 0 radical (unpaired) electrons. The number of halogens is 1. The van der Waals surface area contributed by atoms with E-state index >= 15 is 0 Å². The Balaban J connectivity index is 2.42. The molecule has 1 aromatic carbocycles. The van der Waals surface area contributed by atoms with Crippen molar-refractivity contribution in [3.8, 4) is 0 Å². The molecule has 0 bridgehead atoms. The predicted octanol–water partition coefficient (Wildman–Crippen LogP) is 2.55. The summed E-state index contributed by atoms with van der Waals surface area (Å²) in [5, 5.41) is 0. The number of hydrogen-bond acceptors (Lipinski definition) is 0. The van der Waals surface area contributed by atoms with Crippen molar-refractivity contribution >= 4 is 15.9 Å². The molecule has 2 rings (SSSR count). The van der Waals surface area contributed by atoms with Gasteiger partial charge in [-0.05, 0) is 24.0 Å². The van der Waals surface area contributed by atoms with Crippen molar-refractivity contribution in [1.82, 2.24) is 0 Å². The van der Waals surface area contributed by atoms with E-state index in [1.807, 2.05) is 0 Å². The molecule has 0 heterocycles. The molecule has 1 heteroatoms. The maximum atomic E-state index is 3.62. The number of alkyl halides is 1. The van der Waals surface area contributed by atoms with Gasteiger partial charge >= 0.3 is 0 Å². The number of hydrogen-bond donors (Lipinski definition) is 0. The van der Waals surface area contributed by atoms with Crippen molar-refractivity contribution in [2.45, 2.75) is 17.7 Å². The molecule has 1 aliphatic carbocycles. The van der Waals surface area contributed by atoms with Gasteiger partial charge in [-0.25, -0.2) is 0 Å². The summed E-state index contributed by atoms with van der Waals surface area (Å²) in [5.41, 5.74) is 3.04. The lowest BCUT2D eigenvalue weighted by molar-refractivity contribution is 0.953. The van der Waals surface area contributed by atoms with Crippen molar-refractivity contribution in [3.05, 3.63) is 35.4 Å². The van der Waals surface area contributed by atoms with Crippen molar-refractivity contribution in [1.29, 1.82) is 0 Å². The second kappa shape index (κ2) is 2.39. The zero-order chi connectivity index (χ0) is 6.97. The molecule has 10 heavy (non-hydrogen) atoms. The van der Waals surface area contributed by atoms with E-state index < -0.39 is 0 Å². The van der Waals surface area contributed by atoms with Crippen molar-refractivity contribution in [3.63, 3.8) is 0 Å². The number of fused-ring (bicyclic) bond motifs is 1. The molecule has 0 fully saturated rings. The van der Waals surface area contributed by atoms with Gasteiger partial charge in [0.1, 0.15) is 0 Å². The van der Waals surface area contributed by atoms with E-state index in [-0.39, 0.29) is 0 Å². The molecule has 0 aromatic heterocycles. The topological polar surface area (TPSA) is 0 Å². The summed E-state index contributed by atoms with van der Waals surface area (Å²) < 4.78 is 0. The summed E-state index contributed by atoms with van der Waals surface area (Å²) in [6, 6.07) is 8.67. The van der Waals surface area contributed by atoms with E-state index in [0.717, 1.165) is 0 Å². The highest BCUT2D eigenvalue weighted by Crippen LogP contribution is 2.25. The minimum absolute atomic E-state index is 0.685. The van der Waals surface area contributed by atoms with Gasteiger partial charge in [-0.1, -0.05) is 40.2 Å². The molecular weight excluding hydrogens is 188 g/mol. The zero-order valence-corrected chi connectivity index (χ0v) is 7.26. The quantitative estimate of drug-likeness (QED) is 0.560. The van der Waals surface area contributed by atoms with Crippen molar-refractivity contribution in [2.75, 3.05) is 0 Å². The monoisotopic (exact) mass is 196 g/mol. The summed E-state index contributed by atoms with van der Waals surface area (Å²) in [6.07, 6.45) is 2.41. The Morgan fingerprint density at radius 2 is 1.60 bits per heavy atom. The fourth-order valence-electron chi connectivity index (χ4n) is 1.51. The molecule has 0 amide bonds. The second-order valence-corrected chi connectivity index (χ2v) is 4.07. The van der Waals surface area contributed by atoms with Gasteiger partial charge in [0.05, 0.1) is 0 Å².